The average molecular weight is 417 g/mol. The van der Waals surface area contributed by atoms with Gasteiger partial charge >= 0.3 is 0 Å². The summed E-state index contributed by atoms with van der Waals surface area (Å²) >= 11 is 7.11. The van der Waals surface area contributed by atoms with E-state index < -0.39 is 4.92 Å². The van der Waals surface area contributed by atoms with E-state index in [-0.39, 0.29) is 29.0 Å². The van der Waals surface area contributed by atoms with Gasteiger partial charge in [-0.2, -0.15) is 0 Å². The molecule has 0 aliphatic carbocycles. The molecule has 2 aromatic rings. The van der Waals surface area contributed by atoms with E-state index in [2.05, 4.69) is 0 Å². The number of amides is 2. The molecule has 28 heavy (non-hydrogen) atoms. The van der Waals surface area contributed by atoms with Gasteiger partial charge < -0.3 is 0 Å². The standard InChI is InChI=1S/C20H17ClN2O4S/c1-12(2)11-22-19(24)17(13-3-7-15(8-4-13)23(26)27)18(20(22)25)28-16-9-5-14(21)6-10-16/h3-10,12H,11H2,1-2H3. The van der Waals surface area contributed by atoms with Gasteiger partial charge in [-0.1, -0.05) is 37.2 Å². The summed E-state index contributed by atoms with van der Waals surface area (Å²) in [6, 6.07) is 12.6. The van der Waals surface area contributed by atoms with Crippen LogP contribution in [-0.2, 0) is 9.59 Å². The van der Waals surface area contributed by atoms with Crippen molar-refractivity contribution in [2.45, 2.75) is 18.7 Å². The minimum Gasteiger partial charge on any atom is -0.274 e. The van der Waals surface area contributed by atoms with Crippen molar-refractivity contribution in [1.29, 1.82) is 0 Å². The summed E-state index contributed by atoms with van der Waals surface area (Å²) in [7, 11) is 0. The first-order chi connectivity index (χ1) is 13.3. The molecule has 3 rings (SSSR count). The van der Waals surface area contributed by atoms with E-state index >= 15 is 0 Å². The topological polar surface area (TPSA) is 80.5 Å². The minimum atomic E-state index is -0.506. The average Bonchev–Trinajstić information content (AvgIpc) is 2.87. The molecule has 0 radical (unpaired) electrons. The van der Waals surface area contributed by atoms with Gasteiger partial charge in [0.2, 0.25) is 0 Å². The lowest BCUT2D eigenvalue weighted by molar-refractivity contribution is -0.384. The molecule has 0 spiro atoms. The van der Waals surface area contributed by atoms with E-state index in [1.54, 1.807) is 24.3 Å². The number of hydrogen-bond donors (Lipinski definition) is 0. The van der Waals surface area contributed by atoms with Crippen LogP contribution in [0.25, 0.3) is 5.57 Å². The molecule has 2 aromatic carbocycles. The summed E-state index contributed by atoms with van der Waals surface area (Å²) in [6.07, 6.45) is 0. The van der Waals surface area contributed by atoms with Gasteiger partial charge in [-0.25, -0.2) is 0 Å². The number of halogens is 1. The maximum Gasteiger partial charge on any atom is 0.269 e. The van der Waals surface area contributed by atoms with E-state index in [0.29, 0.717) is 22.0 Å². The molecule has 0 fully saturated rings. The van der Waals surface area contributed by atoms with Gasteiger partial charge in [0.05, 0.1) is 15.4 Å². The maximum absolute atomic E-state index is 13.0. The summed E-state index contributed by atoms with van der Waals surface area (Å²) in [5.74, 6) is -0.623. The van der Waals surface area contributed by atoms with Crippen LogP contribution in [0.5, 0.6) is 0 Å². The van der Waals surface area contributed by atoms with Crippen LogP contribution in [0.3, 0.4) is 0 Å². The Morgan fingerprint density at radius 1 is 1.04 bits per heavy atom. The third kappa shape index (κ3) is 4.10. The van der Waals surface area contributed by atoms with Gasteiger partial charge in [-0.05, 0) is 47.9 Å². The predicted octanol–water partition coefficient (Wildman–Crippen LogP) is 4.78. The first-order valence-corrected chi connectivity index (χ1v) is 9.76. The van der Waals surface area contributed by atoms with Gasteiger partial charge in [-0.3, -0.25) is 24.6 Å². The Morgan fingerprint density at radius 2 is 1.64 bits per heavy atom. The molecule has 0 saturated heterocycles. The molecule has 0 atom stereocenters. The Morgan fingerprint density at radius 3 is 2.18 bits per heavy atom. The second kappa shape index (κ2) is 8.16. The van der Waals surface area contributed by atoms with Crippen molar-refractivity contribution in [2.24, 2.45) is 5.92 Å². The molecule has 144 valence electrons. The Hall–Kier alpha value is -2.64. The van der Waals surface area contributed by atoms with Gasteiger partial charge in [0, 0.05) is 28.6 Å². The number of carbonyl (C=O) groups is 2. The van der Waals surface area contributed by atoms with Crippen LogP contribution in [-0.4, -0.2) is 28.2 Å². The molecule has 1 aliphatic rings. The number of nitro benzene ring substituents is 1. The van der Waals surface area contributed by atoms with E-state index in [9.17, 15) is 19.7 Å². The summed E-state index contributed by atoms with van der Waals surface area (Å²) in [5.41, 5.74) is 0.666. The maximum atomic E-state index is 13.0. The van der Waals surface area contributed by atoms with Crippen LogP contribution in [0.15, 0.2) is 58.3 Å². The SMILES string of the molecule is CC(C)CN1C(=O)C(Sc2ccc(Cl)cc2)=C(c2ccc([N+](=O)[O-])cc2)C1=O. The van der Waals surface area contributed by atoms with E-state index in [4.69, 9.17) is 11.6 Å². The molecule has 0 N–H and O–H groups in total. The van der Waals surface area contributed by atoms with Gasteiger partial charge in [-0.15, -0.1) is 0 Å². The molecule has 0 aromatic heterocycles. The smallest absolute Gasteiger partial charge is 0.269 e. The van der Waals surface area contributed by atoms with Crippen molar-refractivity contribution in [3.8, 4) is 0 Å². The zero-order valence-corrected chi connectivity index (χ0v) is 16.8. The highest BCUT2D eigenvalue weighted by atomic mass is 35.5. The predicted molar refractivity (Wildman–Crippen MR) is 109 cm³/mol. The Balaban J connectivity index is 2.05. The molecular formula is C20H17ClN2O4S. The van der Waals surface area contributed by atoms with Gasteiger partial charge in [0.15, 0.2) is 0 Å². The number of hydrogen-bond acceptors (Lipinski definition) is 5. The Labute approximate surface area is 171 Å². The van der Waals surface area contributed by atoms with Crippen molar-refractivity contribution < 1.29 is 14.5 Å². The molecule has 6 nitrogen and oxygen atoms in total. The third-order valence-electron chi connectivity index (χ3n) is 4.07. The third-order valence-corrected chi connectivity index (χ3v) is 5.42. The molecule has 8 heteroatoms. The van der Waals surface area contributed by atoms with Crippen LogP contribution in [0.1, 0.15) is 19.4 Å². The monoisotopic (exact) mass is 416 g/mol. The molecule has 2 amide bonds. The lowest BCUT2D eigenvalue weighted by atomic mass is 10.1. The van der Waals surface area contributed by atoms with Crippen LogP contribution >= 0.6 is 23.4 Å². The lowest BCUT2D eigenvalue weighted by Gasteiger charge is -2.17. The summed E-state index contributed by atoms with van der Waals surface area (Å²) < 4.78 is 0. The highest BCUT2D eigenvalue weighted by molar-refractivity contribution is 8.04. The first-order valence-electron chi connectivity index (χ1n) is 8.56. The molecule has 1 aliphatic heterocycles. The molecule has 0 bridgehead atoms. The number of nitrogens with zero attached hydrogens (tertiary/aromatic N) is 2. The van der Waals surface area contributed by atoms with Crippen LogP contribution in [0.2, 0.25) is 5.02 Å². The van der Waals surface area contributed by atoms with Crippen molar-refractivity contribution in [2.75, 3.05) is 6.54 Å². The van der Waals surface area contributed by atoms with Crippen molar-refractivity contribution >= 4 is 46.4 Å². The first kappa shape index (κ1) is 20.1. The zero-order valence-electron chi connectivity index (χ0n) is 15.2. The summed E-state index contributed by atoms with van der Waals surface area (Å²) in [5, 5.41) is 11.5. The molecule has 0 saturated carbocycles. The normalized spacial score (nSPS) is 14.4. The Kier molecular flexibility index (Phi) is 5.86. The van der Waals surface area contributed by atoms with Crippen LogP contribution in [0.4, 0.5) is 5.69 Å². The van der Waals surface area contributed by atoms with E-state index in [0.717, 1.165) is 4.90 Å². The Bertz CT molecular complexity index is 969. The number of carbonyl (C=O) groups excluding carboxylic acids is 2. The van der Waals surface area contributed by atoms with Crippen molar-refractivity contribution in [1.82, 2.24) is 4.90 Å². The summed E-state index contributed by atoms with van der Waals surface area (Å²) in [4.78, 5) is 38.7. The number of imide groups is 1. The van der Waals surface area contributed by atoms with Crippen LogP contribution in [0, 0.1) is 16.0 Å². The summed E-state index contributed by atoms with van der Waals surface area (Å²) in [6.45, 7) is 4.16. The second-order valence-corrected chi connectivity index (χ2v) is 8.20. The van der Waals surface area contributed by atoms with E-state index in [1.807, 2.05) is 13.8 Å². The number of rotatable bonds is 6. The number of nitro groups is 1. The fourth-order valence-electron chi connectivity index (χ4n) is 2.80. The number of benzene rings is 2. The number of thioether (sulfide) groups is 1. The minimum absolute atomic E-state index is 0.0768. The second-order valence-electron chi connectivity index (χ2n) is 6.68. The molecule has 0 unspecified atom stereocenters. The number of non-ortho nitro benzene ring substituents is 1. The molecular weight excluding hydrogens is 400 g/mol. The van der Waals surface area contributed by atoms with Crippen molar-refractivity contribution in [3.05, 3.63) is 74.1 Å². The van der Waals surface area contributed by atoms with Crippen LogP contribution < -0.4 is 0 Å². The molecule has 1 heterocycles. The van der Waals surface area contributed by atoms with Gasteiger partial charge in [0.1, 0.15) is 0 Å². The largest absolute Gasteiger partial charge is 0.274 e. The quantitative estimate of drug-likeness (QED) is 0.384. The van der Waals surface area contributed by atoms with E-state index in [1.165, 1.54) is 40.9 Å². The lowest BCUT2D eigenvalue weighted by Crippen LogP contribution is -2.34. The highest BCUT2D eigenvalue weighted by Crippen LogP contribution is 2.40. The fourth-order valence-corrected chi connectivity index (χ4v) is 3.94. The zero-order chi connectivity index (χ0) is 20.4. The van der Waals surface area contributed by atoms with Crippen molar-refractivity contribution in [3.63, 3.8) is 0 Å². The highest BCUT2D eigenvalue weighted by Gasteiger charge is 2.39. The fraction of sp³-hybridized carbons (Fsp3) is 0.200. The van der Waals surface area contributed by atoms with Gasteiger partial charge in [0.25, 0.3) is 17.5 Å².